The van der Waals surface area contributed by atoms with Crippen LogP contribution in [-0.2, 0) is 0 Å². The van der Waals surface area contributed by atoms with E-state index < -0.39 is 0 Å². The fourth-order valence-corrected chi connectivity index (χ4v) is 1.63. The molecule has 0 bridgehead atoms. The molecule has 16 heavy (non-hydrogen) atoms. The van der Waals surface area contributed by atoms with Gasteiger partial charge in [-0.05, 0) is 18.2 Å². The van der Waals surface area contributed by atoms with Crippen LogP contribution in [-0.4, -0.2) is 17.1 Å². The first-order valence-corrected chi connectivity index (χ1v) is 5.08. The quantitative estimate of drug-likeness (QED) is 0.782. The van der Waals surface area contributed by atoms with Crippen molar-refractivity contribution in [3.8, 4) is 17.0 Å². The molecule has 0 radical (unpaired) electrons. The van der Waals surface area contributed by atoms with Gasteiger partial charge in [-0.25, -0.2) is 4.79 Å². The Morgan fingerprint density at radius 3 is 2.75 bits per heavy atom. The summed E-state index contributed by atoms with van der Waals surface area (Å²) in [6.45, 7) is 0. The molecule has 1 aromatic heterocycles. The third-order valence-corrected chi connectivity index (χ3v) is 2.36. The van der Waals surface area contributed by atoms with Crippen molar-refractivity contribution in [2.45, 2.75) is 0 Å². The van der Waals surface area contributed by atoms with Crippen molar-refractivity contribution >= 4 is 12.2 Å². The van der Waals surface area contributed by atoms with Gasteiger partial charge in [0, 0.05) is 5.56 Å². The minimum absolute atomic E-state index is 0.315. The Kier molecular flexibility index (Phi) is 2.87. The molecule has 0 aliphatic heterocycles. The van der Waals surface area contributed by atoms with E-state index in [2.05, 4.69) is 9.97 Å². The van der Waals surface area contributed by atoms with Crippen LogP contribution in [0.4, 0.5) is 0 Å². The molecule has 0 amide bonds. The molecule has 82 valence electrons. The van der Waals surface area contributed by atoms with Crippen LogP contribution in [0.3, 0.4) is 0 Å². The molecule has 0 aliphatic rings. The number of aromatic nitrogens is 2. The molecule has 0 aliphatic carbocycles. The lowest BCUT2D eigenvalue weighted by Crippen LogP contribution is -2.10. The van der Waals surface area contributed by atoms with Gasteiger partial charge in [0.05, 0.1) is 12.8 Å². The topological polar surface area (TPSA) is 57.9 Å². The summed E-state index contributed by atoms with van der Waals surface area (Å²) in [4.78, 5) is 16.4. The molecule has 1 heterocycles. The van der Waals surface area contributed by atoms with Gasteiger partial charge in [0.1, 0.15) is 10.4 Å². The normalized spacial score (nSPS) is 10.1. The number of hydrogen-bond acceptors (Lipinski definition) is 3. The molecule has 2 aromatic rings. The van der Waals surface area contributed by atoms with Crippen LogP contribution in [0.1, 0.15) is 0 Å². The Balaban J connectivity index is 2.58. The number of H-pyrrole nitrogens is 2. The summed E-state index contributed by atoms with van der Waals surface area (Å²) in [7, 11) is 1.60. The fraction of sp³-hybridized carbons (Fsp3) is 0.0909. The predicted octanol–water partition coefficient (Wildman–Crippen LogP) is 2.11. The molecule has 0 unspecified atom stereocenters. The lowest BCUT2D eigenvalue weighted by Gasteiger charge is -2.03. The van der Waals surface area contributed by atoms with Gasteiger partial charge in [-0.3, -0.25) is 4.98 Å². The zero-order valence-electron chi connectivity index (χ0n) is 8.61. The Labute approximate surface area is 96.9 Å². The van der Waals surface area contributed by atoms with Gasteiger partial charge in [-0.15, -0.1) is 0 Å². The second-order valence-corrected chi connectivity index (χ2v) is 3.67. The minimum atomic E-state index is -0.315. The first-order valence-electron chi connectivity index (χ1n) is 4.67. The number of rotatable bonds is 2. The maximum Gasteiger partial charge on any atom is 0.324 e. The van der Waals surface area contributed by atoms with E-state index >= 15 is 0 Å². The summed E-state index contributed by atoms with van der Waals surface area (Å²) in [5, 5.41) is 0. The second-order valence-electron chi connectivity index (χ2n) is 3.23. The number of methoxy groups -OCH3 is 1. The van der Waals surface area contributed by atoms with E-state index in [4.69, 9.17) is 17.0 Å². The van der Waals surface area contributed by atoms with Gasteiger partial charge in [-0.2, -0.15) is 0 Å². The van der Waals surface area contributed by atoms with Gasteiger partial charge >= 0.3 is 5.69 Å². The van der Waals surface area contributed by atoms with Crippen molar-refractivity contribution < 1.29 is 4.74 Å². The molecule has 1 aromatic carbocycles. The zero-order chi connectivity index (χ0) is 11.5. The minimum Gasteiger partial charge on any atom is -0.497 e. The summed E-state index contributed by atoms with van der Waals surface area (Å²) in [5.74, 6) is 0.733. The first-order chi connectivity index (χ1) is 7.69. The SMILES string of the molecule is COc1cccc(-c2cc(=S)[nH]c(=O)[nH]2)c1. The molecule has 2 N–H and O–H groups in total. The molecule has 4 nitrogen and oxygen atoms in total. The van der Waals surface area contributed by atoms with Crippen LogP contribution in [0, 0.1) is 4.64 Å². The Hall–Kier alpha value is -1.88. The molecule has 0 saturated heterocycles. The maximum atomic E-state index is 11.2. The highest BCUT2D eigenvalue weighted by atomic mass is 32.1. The largest absolute Gasteiger partial charge is 0.497 e. The Morgan fingerprint density at radius 2 is 2.06 bits per heavy atom. The number of benzene rings is 1. The number of aromatic amines is 2. The van der Waals surface area contributed by atoms with E-state index in [0.717, 1.165) is 11.3 Å². The second kappa shape index (κ2) is 4.32. The molecular formula is C11H10N2O2S. The van der Waals surface area contributed by atoms with Crippen molar-refractivity contribution in [3.63, 3.8) is 0 Å². The fourth-order valence-electron chi connectivity index (χ4n) is 1.41. The number of nitrogens with one attached hydrogen (secondary N) is 2. The molecule has 0 saturated carbocycles. The van der Waals surface area contributed by atoms with E-state index in [1.165, 1.54) is 0 Å². The highest BCUT2D eigenvalue weighted by molar-refractivity contribution is 7.71. The van der Waals surface area contributed by atoms with E-state index in [9.17, 15) is 4.79 Å². The average molecular weight is 234 g/mol. The Bertz CT molecular complexity index is 587. The van der Waals surface area contributed by atoms with E-state index in [1.54, 1.807) is 13.2 Å². The van der Waals surface area contributed by atoms with Gasteiger partial charge in [0.15, 0.2) is 0 Å². The van der Waals surface area contributed by atoms with Gasteiger partial charge in [-0.1, -0.05) is 24.4 Å². The number of ether oxygens (including phenoxy) is 1. The van der Waals surface area contributed by atoms with Gasteiger partial charge in [0.2, 0.25) is 0 Å². The Morgan fingerprint density at radius 1 is 1.25 bits per heavy atom. The standard InChI is InChI=1S/C11H10N2O2S/c1-15-8-4-2-3-7(5-8)9-6-10(16)13-11(14)12-9/h2-6H,1H3,(H2,12,13,14,16). The maximum absolute atomic E-state index is 11.2. The molecule has 0 fully saturated rings. The highest BCUT2D eigenvalue weighted by Crippen LogP contribution is 2.20. The summed E-state index contributed by atoms with van der Waals surface area (Å²) in [6, 6.07) is 9.10. The average Bonchev–Trinajstić information content (AvgIpc) is 2.28. The van der Waals surface area contributed by atoms with Crippen LogP contribution in [0.15, 0.2) is 35.1 Å². The van der Waals surface area contributed by atoms with Crippen LogP contribution >= 0.6 is 12.2 Å². The predicted molar refractivity (Wildman–Crippen MR) is 64.2 cm³/mol. The zero-order valence-corrected chi connectivity index (χ0v) is 9.43. The van der Waals surface area contributed by atoms with Crippen molar-refractivity contribution in [1.82, 2.24) is 9.97 Å². The van der Waals surface area contributed by atoms with E-state index in [-0.39, 0.29) is 5.69 Å². The van der Waals surface area contributed by atoms with Crippen LogP contribution in [0.25, 0.3) is 11.3 Å². The van der Waals surface area contributed by atoms with Crippen LogP contribution < -0.4 is 10.4 Å². The monoisotopic (exact) mass is 234 g/mol. The molecule has 0 atom stereocenters. The first kappa shape index (κ1) is 10.6. The van der Waals surface area contributed by atoms with Crippen molar-refractivity contribution in [2.24, 2.45) is 0 Å². The third kappa shape index (κ3) is 2.20. The lowest BCUT2D eigenvalue weighted by atomic mass is 10.1. The van der Waals surface area contributed by atoms with Crippen molar-refractivity contribution in [3.05, 3.63) is 45.5 Å². The van der Waals surface area contributed by atoms with E-state index in [0.29, 0.717) is 10.3 Å². The van der Waals surface area contributed by atoms with Crippen LogP contribution in [0.5, 0.6) is 5.75 Å². The summed E-state index contributed by atoms with van der Waals surface area (Å²) in [6.07, 6.45) is 0. The van der Waals surface area contributed by atoms with Crippen LogP contribution in [0.2, 0.25) is 0 Å². The third-order valence-electron chi connectivity index (χ3n) is 2.14. The van der Waals surface area contributed by atoms with Crippen molar-refractivity contribution in [2.75, 3.05) is 7.11 Å². The molecule has 2 rings (SSSR count). The molecule has 0 spiro atoms. The highest BCUT2D eigenvalue weighted by Gasteiger charge is 2.00. The number of hydrogen-bond donors (Lipinski definition) is 2. The molecule has 5 heteroatoms. The molecular weight excluding hydrogens is 224 g/mol. The lowest BCUT2D eigenvalue weighted by molar-refractivity contribution is 0.415. The summed E-state index contributed by atoms with van der Waals surface area (Å²) < 4.78 is 5.52. The summed E-state index contributed by atoms with van der Waals surface area (Å²) >= 11 is 4.94. The smallest absolute Gasteiger partial charge is 0.324 e. The van der Waals surface area contributed by atoms with Gasteiger partial charge < -0.3 is 9.72 Å². The van der Waals surface area contributed by atoms with Crippen molar-refractivity contribution in [1.29, 1.82) is 0 Å². The van der Waals surface area contributed by atoms with E-state index in [1.807, 2.05) is 24.3 Å². The van der Waals surface area contributed by atoms with Gasteiger partial charge in [0.25, 0.3) is 0 Å². The summed E-state index contributed by atoms with van der Waals surface area (Å²) in [5.41, 5.74) is 1.22.